The van der Waals surface area contributed by atoms with Gasteiger partial charge in [-0.05, 0) is 43.2 Å². The summed E-state index contributed by atoms with van der Waals surface area (Å²) in [6.45, 7) is 4.22. The van der Waals surface area contributed by atoms with Gasteiger partial charge in [-0.2, -0.15) is 0 Å². The van der Waals surface area contributed by atoms with Crippen LogP contribution in [-0.4, -0.2) is 27.0 Å². The van der Waals surface area contributed by atoms with Gasteiger partial charge in [-0.15, -0.1) is 0 Å². The molecule has 0 aliphatic heterocycles. The van der Waals surface area contributed by atoms with Crippen LogP contribution in [0.5, 0.6) is 5.75 Å². The predicted molar refractivity (Wildman–Crippen MR) is 129 cm³/mol. The minimum absolute atomic E-state index is 0.00469. The molecule has 0 radical (unpaired) electrons. The number of hydrogen-bond donors (Lipinski definition) is 3. The van der Waals surface area contributed by atoms with Crippen LogP contribution in [0.4, 0.5) is 5.82 Å². The number of nitrogens with zero attached hydrogens (tertiary/aromatic N) is 2. The molecule has 0 aliphatic rings. The van der Waals surface area contributed by atoms with E-state index in [-0.39, 0.29) is 6.04 Å². The fraction of sp³-hybridized carbons (Fsp3) is 0.154. The smallest absolute Gasteiger partial charge is 0.143 e. The molecule has 6 heteroatoms. The largest absolute Gasteiger partial charge is 0.497 e. The minimum Gasteiger partial charge on any atom is -0.497 e. The summed E-state index contributed by atoms with van der Waals surface area (Å²) in [6.07, 6.45) is 3.56. The highest BCUT2D eigenvalue weighted by Gasteiger charge is 2.19. The number of ether oxygens (including phenoxy) is 1. The van der Waals surface area contributed by atoms with Crippen molar-refractivity contribution in [2.45, 2.75) is 19.9 Å². The van der Waals surface area contributed by atoms with Gasteiger partial charge in [0.2, 0.25) is 0 Å². The monoisotopic (exact) mass is 423 g/mol. The minimum atomic E-state index is 0.00469. The van der Waals surface area contributed by atoms with Crippen molar-refractivity contribution in [1.82, 2.24) is 19.9 Å². The van der Waals surface area contributed by atoms with E-state index in [1.807, 2.05) is 30.5 Å². The number of aromatic nitrogens is 4. The maximum atomic E-state index is 5.41. The number of methoxy groups -OCH3 is 1. The Morgan fingerprint density at radius 1 is 0.938 bits per heavy atom. The highest BCUT2D eigenvalue weighted by Crippen LogP contribution is 2.36. The topological polar surface area (TPSA) is 78.6 Å². The lowest BCUT2D eigenvalue weighted by Crippen LogP contribution is -2.10. The molecule has 3 aromatic heterocycles. The molecule has 32 heavy (non-hydrogen) atoms. The van der Waals surface area contributed by atoms with E-state index in [1.165, 1.54) is 11.1 Å². The van der Waals surface area contributed by atoms with Crippen molar-refractivity contribution in [1.29, 1.82) is 0 Å². The summed E-state index contributed by atoms with van der Waals surface area (Å²) < 4.78 is 5.41. The number of H-pyrrole nitrogens is 2. The van der Waals surface area contributed by atoms with Crippen LogP contribution in [0.1, 0.15) is 24.4 Å². The maximum absolute atomic E-state index is 5.41. The lowest BCUT2D eigenvalue weighted by molar-refractivity contribution is 0.415. The number of benzene rings is 2. The maximum Gasteiger partial charge on any atom is 0.143 e. The molecule has 0 spiro atoms. The molecule has 3 heterocycles. The summed E-state index contributed by atoms with van der Waals surface area (Å²) in [5, 5.41) is 4.57. The fourth-order valence-corrected chi connectivity index (χ4v) is 4.18. The first-order valence-electron chi connectivity index (χ1n) is 10.6. The molecule has 160 valence electrons. The zero-order valence-corrected chi connectivity index (χ0v) is 18.3. The lowest BCUT2D eigenvalue weighted by Gasteiger charge is -2.17. The third-order valence-corrected chi connectivity index (χ3v) is 5.70. The van der Waals surface area contributed by atoms with E-state index in [9.17, 15) is 0 Å². The fourth-order valence-electron chi connectivity index (χ4n) is 4.18. The Morgan fingerprint density at radius 3 is 2.56 bits per heavy atom. The van der Waals surface area contributed by atoms with E-state index in [1.54, 1.807) is 13.4 Å². The number of hydrogen-bond acceptors (Lipinski definition) is 4. The molecule has 5 rings (SSSR count). The van der Waals surface area contributed by atoms with Crippen LogP contribution in [0.25, 0.3) is 33.3 Å². The van der Waals surface area contributed by atoms with Crippen LogP contribution in [0.15, 0.2) is 73.2 Å². The number of anilines is 1. The van der Waals surface area contributed by atoms with Crippen LogP contribution >= 0.6 is 0 Å². The molecule has 0 fully saturated rings. The molecule has 0 aliphatic carbocycles. The Morgan fingerprint density at radius 2 is 1.75 bits per heavy atom. The van der Waals surface area contributed by atoms with Gasteiger partial charge in [0.15, 0.2) is 0 Å². The standard InChI is InChI=1S/C26H25N5O/c1-16-12-21(18-8-5-4-6-9-18)24(30-16)17(2)31-26-23-22(14-27-25(23)28-15-29-26)19-10-7-11-20(13-19)32-3/h4-15,17,30H,1-3H3,(H2,27,28,29,31)/t17-/m0/s1. The summed E-state index contributed by atoms with van der Waals surface area (Å²) in [5.41, 5.74) is 7.49. The number of aromatic amines is 2. The Labute approximate surface area is 186 Å². The van der Waals surface area contributed by atoms with Crippen LogP contribution in [0.3, 0.4) is 0 Å². The van der Waals surface area contributed by atoms with Gasteiger partial charge in [-0.3, -0.25) is 0 Å². The molecule has 3 N–H and O–H groups in total. The average molecular weight is 424 g/mol. The number of nitrogens with one attached hydrogen (secondary N) is 3. The van der Waals surface area contributed by atoms with Gasteiger partial charge in [-0.1, -0.05) is 42.5 Å². The summed E-state index contributed by atoms with van der Waals surface area (Å²) in [7, 11) is 1.68. The van der Waals surface area contributed by atoms with E-state index in [4.69, 9.17) is 4.74 Å². The SMILES string of the molecule is COc1cccc(-c2c[nH]c3ncnc(N[C@@H](C)c4[nH]c(C)cc4-c4ccccc4)c23)c1. The quantitative estimate of drug-likeness (QED) is 0.308. The predicted octanol–water partition coefficient (Wildman–Crippen LogP) is 6.11. The molecule has 0 bridgehead atoms. The number of fused-ring (bicyclic) bond motifs is 1. The average Bonchev–Trinajstić information content (AvgIpc) is 3.44. The molecule has 0 unspecified atom stereocenters. The summed E-state index contributed by atoms with van der Waals surface area (Å²) in [5.74, 6) is 1.60. The van der Waals surface area contributed by atoms with Crippen molar-refractivity contribution in [2.24, 2.45) is 0 Å². The van der Waals surface area contributed by atoms with Crippen LogP contribution in [0, 0.1) is 6.92 Å². The van der Waals surface area contributed by atoms with E-state index in [0.29, 0.717) is 0 Å². The van der Waals surface area contributed by atoms with E-state index in [0.717, 1.165) is 45.1 Å². The van der Waals surface area contributed by atoms with E-state index in [2.05, 4.69) is 75.5 Å². The third-order valence-electron chi connectivity index (χ3n) is 5.70. The molecular formula is C26H25N5O. The van der Waals surface area contributed by atoms with Crippen molar-refractivity contribution in [3.63, 3.8) is 0 Å². The second kappa shape index (κ2) is 8.23. The molecule has 0 saturated heterocycles. The molecule has 1 atom stereocenters. The van der Waals surface area contributed by atoms with Crippen molar-refractivity contribution in [3.8, 4) is 28.0 Å². The van der Waals surface area contributed by atoms with Gasteiger partial charge < -0.3 is 20.0 Å². The summed E-state index contributed by atoms with van der Waals surface area (Å²) in [4.78, 5) is 15.8. The first-order chi connectivity index (χ1) is 15.6. The zero-order valence-electron chi connectivity index (χ0n) is 18.3. The van der Waals surface area contributed by atoms with Gasteiger partial charge in [-0.25, -0.2) is 9.97 Å². The van der Waals surface area contributed by atoms with Crippen LogP contribution in [0.2, 0.25) is 0 Å². The first-order valence-corrected chi connectivity index (χ1v) is 10.6. The van der Waals surface area contributed by atoms with Crippen molar-refractivity contribution >= 4 is 16.9 Å². The van der Waals surface area contributed by atoms with E-state index >= 15 is 0 Å². The van der Waals surface area contributed by atoms with Crippen molar-refractivity contribution in [3.05, 3.63) is 84.6 Å². The highest BCUT2D eigenvalue weighted by molar-refractivity contribution is 6.01. The lowest BCUT2D eigenvalue weighted by atomic mass is 10.0. The van der Waals surface area contributed by atoms with E-state index < -0.39 is 0 Å². The Balaban J connectivity index is 1.55. The van der Waals surface area contributed by atoms with Crippen molar-refractivity contribution < 1.29 is 4.74 Å². The molecule has 6 nitrogen and oxygen atoms in total. The molecule has 2 aromatic carbocycles. The molecule has 0 saturated carbocycles. The van der Waals surface area contributed by atoms with Gasteiger partial charge in [0.05, 0.1) is 18.5 Å². The first kappa shape index (κ1) is 19.9. The van der Waals surface area contributed by atoms with Gasteiger partial charge in [0.25, 0.3) is 0 Å². The summed E-state index contributed by atoms with van der Waals surface area (Å²) >= 11 is 0. The van der Waals surface area contributed by atoms with Crippen molar-refractivity contribution in [2.75, 3.05) is 12.4 Å². The zero-order chi connectivity index (χ0) is 22.1. The Hall–Kier alpha value is -4.06. The second-order valence-electron chi connectivity index (χ2n) is 7.89. The molecule has 5 aromatic rings. The van der Waals surface area contributed by atoms with Crippen LogP contribution in [-0.2, 0) is 0 Å². The highest BCUT2D eigenvalue weighted by atomic mass is 16.5. The normalized spacial score (nSPS) is 12.1. The Kier molecular flexibility index (Phi) is 5.11. The summed E-state index contributed by atoms with van der Waals surface area (Å²) in [6, 6.07) is 20.6. The molecule has 0 amide bonds. The second-order valence-corrected chi connectivity index (χ2v) is 7.89. The third kappa shape index (κ3) is 3.60. The Bertz CT molecular complexity index is 1370. The van der Waals surface area contributed by atoms with Crippen LogP contribution < -0.4 is 10.1 Å². The van der Waals surface area contributed by atoms with Gasteiger partial charge in [0, 0.05) is 28.7 Å². The van der Waals surface area contributed by atoms with Gasteiger partial charge >= 0.3 is 0 Å². The molecular weight excluding hydrogens is 398 g/mol. The van der Waals surface area contributed by atoms with Gasteiger partial charge in [0.1, 0.15) is 23.5 Å². The number of aryl methyl sites for hydroxylation is 1. The number of rotatable bonds is 6.